The molecule has 0 saturated carbocycles. The van der Waals surface area contributed by atoms with Crippen molar-refractivity contribution in [1.82, 2.24) is 4.98 Å². The summed E-state index contributed by atoms with van der Waals surface area (Å²) in [6.45, 7) is 2.07. The maximum absolute atomic E-state index is 12.4. The second kappa shape index (κ2) is 7.50. The molecule has 3 nitrogen and oxygen atoms in total. The average molecular weight is 341 g/mol. The summed E-state index contributed by atoms with van der Waals surface area (Å²) in [5.74, 6) is -0.0124. The fourth-order valence-electron chi connectivity index (χ4n) is 1.69. The van der Waals surface area contributed by atoms with Gasteiger partial charge in [-0.15, -0.1) is 11.8 Å². The molecule has 1 aromatic heterocycles. The van der Waals surface area contributed by atoms with Crippen LogP contribution >= 0.6 is 11.8 Å². The highest BCUT2D eigenvalue weighted by Gasteiger charge is 2.30. The van der Waals surface area contributed by atoms with E-state index < -0.39 is 17.7 Å². The number of aromatic nitrogens is 1. The molecule has 0 aliphatic heterocycles. The van der Waals surface area contributed by atoms with Gasteiger partial charge in [-0.1, -0.05) is 17.7 Å². The molecular weight excluding hydrogens is 327 g/mol. The van der Waals surface area contributed by atoms with Gasteiger partial charge in [0.1, 0.15) is 6.61 Å². The zero-order valence-corrected chi connectivity index (χ0v) is 13.1. The Morgan fingerprint density at radius 3 is 2.43 bits per heavy atom. The van der Waals surface area contributed by atoms with Crippen molar-refractivity contribution in [3.8, 4) is 0 Å². The number of halogens is 3. The second-order valence-corrected chi connectivity index (χ2v) is 5.85. The largest absolute Gasteiger partial charge is 0.461 e. The third-order valence-electron chi connectivity index (χ3n) is 2.92. The summed E-state index contributed by atoms with van der Waals surface area (Å²) in [6, 6.07) is 9.28. The Balaban J connectivity index is 1.77. The van der Waals surface area contributed by atoms with Crippen molar-refractivity contribution in [2.75, 3.05) is 12.4 Å². The minimum absolute atomic E-state index is 0.153. The van der Waals surface area contributed by atoms with Gasteiger partial charge in [-0.3, -0.25) is 0 Å². The third kappa shape index (κ3) is 5.28. The molecule has 0 unspecified atom stereocenters. The molecule has 0 atom stereocenters. The lowest BCUT2D eigenvalue weighted by atomic mass is 10.1. The van der Waals surface area contributed by atoms with E-state index in [9.17, 15) is 18.0 Å². The van der Waals surface area contributed by atoms with Crippen molar-refractivity contribution in [2.45, 2.75) is 18.1 Å². The number of ether oxygens (including phenoxy) is 1. The molecule has 2 aromatic rings. The van der Waals surface area contributed by atoms with Crippen molar-refractivity contribution in [1.29, 1.82) is 0 Å². The number of rotatable bonds is 5. The topological polar surface area (TPSA) is 39.2 Å². The highest BCUT2D eigenvalue weighted by Crippen LogP contribution is 2.29. The lowest BCUT2D eigenvalue weighted by molar-refractivity contribution is -0.137. The molecule has 0 spiro atoms. The molecule has 23 heavy (non-hydrogen) atoms. The summed E-state index contributed by atoms with van der Waals surface area (Å²) in [5.41, 5.74) is 0.728. The van der Waals surface area contributed by atoms with Crippen LogP contribution in [0.4, 0.5) is 13.2 Å². The number of alkyl halides is 3. The molecule has 1 heterocycles. The fraction of sp³-hybridized carbons (Fsp3) is 0.250. The molecule has 0 amide bonds. The van der Waals surface area contributed by atoms with Crippen LogP contribution in [0.15, 0.2) is 47.6 Å². The van der Waals surface area contributed by atoms with Gasteiger partial charge in [0.2, 0.25) is 0 Å². The molecule has 0 fully saturated rings. The van der Waals surface area contributed by atoms with Gasteiger partial charge >= 0.3 is 12.1 Å². The van der Waals surface area contributed by atoms with Crippen LogP contribution in [-0.4, -0.2) is 23.3 Å². The zero-order valence-electron chi connectivity index (χ0n) is 12.3. The lowest BCUT2D eigenvalue weighted by Crippen LogP contribution is -2.08. The second-order valence-electron chi connectivity index (χ2n) is 4.73. The Labute approximate surface area is 135 Å². The maximum atomic E-state index is 12.4. The first-order valence-corrected chi connectivity index (χ1v) is 7.74. The molecular formula is C16H14F3NO2S. The van der Waals surface area contributed by atoms with Crippen LogP contribution in [0.5, 0.6) is 0 Å². The summed E-state index contributed by atoms with van der Waals surface area (Å²) in [7, 11) is 0. The van der Waals surface area contributed by atoms with Gasteiger partial charge in [0.05, 0.1) is 16.2 Å². The molecule has 2 rings (SSSR count). The van der Waals surface area contributed by atoms with Gasteiger partial charge in [-0.25, -0.2) is 9.78 Å². The van der Waals surface area contributed by atoms with E-state index in [0.29, 0.717) is 16.3 Å². The van der Waals surface area contributed by atoms with E-state index in [1.54, 1.807) is 12.1 Å². The van der Waals surface area contributed by atoms with E-state index in [4.69, 9.17) is 4.74 Å². The number of carbonyl (C=O) groups excluding carboxylic acids is 1. The van der Waals surface area contributed by atoms with Gasteiger partial charge in [0, 0.05) is 11.9 Å². The first-order valence-electron chi connectivity index (χ1n) is 6.76. The third-order valence-corrected chi connectivity index (χ3v) is 3.83. The van der Waals surface area contributed by atoms with Crippen molar-refractivity contribution in [3.05, 3.63) is 59.3 Å². The van der Waals surface area contributed by atoms with Crippen molar-refractivity contribution >= 4 is 17.7 Å². The van der Waals surface area contributed by atoms with Crippen LogP contribution in [0.2, 0.25) is 0 Å². The Hall–Kier alpha value is -2.02. The van der Waals surface area contributed by atoms with Crippen LogP contribution in [0.1, 0.15) is 21.5 Å². The number of esters is 1. The number of thioether (sulfide) groups is 1. The Morgan fingerprint density at radius 2 is 1.87 bits per heavy atom. The molecule has 0 aliphatic rings. The number of carbonyl (C=O) groups is 1. The molecule has 0 N–H and O–H groups in total. The standard InChI is InChI=1S/C16H14F3NO2S/c1-11-2-4-12(5-3-11)15(21)22-8-9-23-14-7-6-13(10-20-14)16(17,18)19/h2-7,10H,8-9H2,1H3. The number of hydrogen-bond donors (Lipinski definition) is 0. The van der Waals surface area contributed by atoms with Crippen LogP contribution in [0.25, 0.3) is 0 Å². The van der Waals surface area contributed by atoms with Crippen LogP contribution in [0, 0.1) is 6.92 Å². The van der Waals surface area contributed by atoms with E-state index in [1.165, 1.54) is 17.8 Å². The number of aryl methyl sites for hydroxylation is 1. The van der Waals surface area contributed by atoms with Gasteiger partial charge < -0.3 is 4.74 Å². The summed E-state index contributed by atoms with van der Waals surface area (Å²) in [6.07, 6.45) is -3.60. The highest BCUT2D eigenvalue weighted by atomic mass is 32.2. The molecule has 0 bridgehead atoms. The highest BCUT2D eigenvalue weighted by molar-refractivity contribution is 7.99. The van der Waals surface area contributed by atoms with E-state index in [1.807, 2.05) is 19.1 Å². The SMILES string of the molecule is Cc1ccc(C(=O)OCCSc2ccc(C(F)(F)F)cn2)cc1. The Kier molecular flexibility index (Phi) is 5.65. The Morgan fingerprint density at radius 1 is 1.17 bits per heavy atom. The molecule has 7 heteroatoms. The Bertz CT molecular complexity index is 655. The monoisotopic (exact) mass is 341 g/mol. The first-order chi connectivity index (χ1) is 10.9. The summed E-state index contributed by atoms with van der Waals surface area (Å²) >= 11 is 1.22. The number of benzene rings is 1. The van der Waals surface area contributed by atoms with Crippen molar-refractivity contribution in [3.63, 3.8) is 0 Å². The van der Waals surface area contributed by atoms with E-state index in [2.05, 4.69) is 4.98 Å². The van der Waals surface area contributed by atoms with Crippen LogP contribution in [-0.2, 0) is 10.9 Å². The summed E-state index contributed by atoms with van der Waals surface area (Å²) < 4.78 is 42.3. The van der Waals surface area contributed by atoms with Crippen LogP contribution < -0.4 is 0 Å². The summed E-state index contributed by atoms with van der Waals surface area (Å²) in [5, 5.41) is 0.449. The average Bonchev–Trinajstić information content (AvgIpc) is 2.51. The van der Waals surface area contributed by atoms with Crippen molar-refractivity contribution < 1.29 is 22.7 Å². The fourth-order valence-corrected chi connectivity index (χ4v) is 2.35. The van der Waals surface area contributed by atoms with Crippen LogP contribution in [0.3, 0.4) is 0 Å². The number of hydrogen-bond acceptors (Lipinski definition) is 4. The van der Waals surface area contributed by atoms with E-state index >= 15 is 0 Å². The first kappa shape index (κ1) is 17.3. The maximum Gasteiger partial charge on any atom is 0.417 e. The predicted molar refractivity (Wildman–Crippen MR) is 81.4 cm³/mol. The molecule has 1 aromatic carbocycles. The lowest BCUT2D eigenvalue weighted by Gasteiger charge is -2.07. The molecule has 0 aliphatic carbocycles. The minimum atomic E-state index is -4.39. The van der Waals surface area contributed by atoms with E-state index in [-0.39, 0.29) is 6.61 Å². The smallest absolute Gasteiger partial charge is 0.417 e. The van der Waals surface area contributed by atoms with Gasteiger partial charge in [-0.05, 0) is 31.2 Å². The van der Waals surface area contributed by atoms with Gasteiger partial charge in [-0.2, -0.15) is 13.2 Å². The zero-order chi connectivity index (χ0) is 16.9. The normalized spacial score (nSPS) is 11.3. The molecule has 0 radical (unpaired) electrons. The predicted octanol–water partition coefficient (Wildman–Crippen LogP) is 4.36. The molecule has 0 saturated heterocycles. The number of nitrogens with zero attached hydrogens (tertiary/aromatic N) is 1. The minimum Gasteiger partial charge on any atom is -0.461 e. The quantitative estimate of drug-likeness (QED) is 0.460. The van der Waals surface area contributed by atoms with Crippen molar-refractivity contribution in [2.24, 2.45) is 0 Å². The molecule has 122 valence electrons. The van der Waals surface area contributed by atoms with Gasteiger partial charge in [0.15, 0.2) is 0 Å². The van der Waals surface area contributed by atoms with E-state index in [0.717, 1.165) is 17.8 Å². The van der Waals surface area contributed by atoms with Gasteiger partial charge in [0.25, 0.3) is 0 Å². The summed E-state index contributed by atoms with van der Waals surface area (Å²) in [4.78, 5) is 15.5. The number of pyridine rings is 1.